The van der Waals surface area contributed by atoms with Gasteiger partial charge in [-0.25, -0.2) is 4.79 Å². The molecule has 0 radical (unpaired) electrons. The molecule has 0 spiro atoms. The van der Waals surface area contributed by atoms with Gasteiger partial charge in [0.1, 0.15) is 6.07 Å². The van der Waals surface area contributed by atoms with Crippen molar-refractivity contribution in [2.45, 2.75) is 13.3 Å². The van der Waals surface area contributed by atoms with Crippen LogP contribution in [0.2, 0.25) is 0 Å². The fourth-order valence-electron chi connectivity index (χ4n) is 3.52. The Morgan fingerprint density at radius 2 is 2.06 bits per heavy atom. The van der Waals surface area contributed by atoms with Crippen LogP contribution in [0.5, 0.6) is 0 Å². The van der Waals surface area contributed by atoms with Gasteiger partial charge in [-0.15, -0.1) is 10.2 Å². The molecule has 0 saturated heterocycles. The van der Waals surface area contributed by atoms with E-state index >= 15 is 0 Å². The number of nitrogens with zero attached hydrogens (tertiary/aromatic N) is 4. The maximum absolute atomic E-state index is 12.9. The highest BCUT2D eigenvalue weighted by atomic mass is 16.5. The van der Waals surface area contributed by atoms with E-state index in [0.29, 0.717) is 23.0 Å². The molecule has 8 heteroatoms. The summed E-state index contributed by atoms with van der Waals surface area (Å²) in [5, 5.41) is 19.8. The Balaban J connectivity index is 1.60. The molecule has 1 N–H and O–H groups in total. The molecular weight excluding hydrogens is 418 g/mol. The van der Waals surface area contributed by atoms with Crippen molar-refractivity contribution in [3.8, 4) is 11.9 Å². The number of nitriles is 1. The zero-order valence-corrected chi connectivity index (χ0v) is 18.1. The molecular formula is C25H21N5O3. The van der Waals surface area contributed by atoms with Crippen molar-refractivity contribution in [1.29, 1.82) is 5.26 Å². The highest BCUT2D eigenvalue weighted by Crippen LogP contribution is 2.28. The molecule has 1 aliphatic carbocycles. The summed E-state index contributed by atoms with van der Waals surface area (Å²) in [5.74, 6) is -0.194. The number of allylic oxidation sites excluding steroid dienone is 4. The highest BCUT2D eigenvalue weighted by Gasteiger charge is 2.18. The summed E-state index contributed by atoms with van der Waals surface area (Å²) in [7, 11) is 1.29. The normalized spacial score (nSPS) is 14.8. The van der Waals surface area contributed by atoms with Crippen molar-refractivity contribution >= 4 is 23.1 Å². The van der Waals surface area contributed by atoms with Crippen LogP contribution >= 0.6 is 0 Å². The number of hydrogen-bond acceptors (Lipinski definition) is 6. The van der Waals surface area contributed by atoms with Crippen LogP contribution in [-0.4, -0.2) is 33.8 Å². The maximum atomic E-state index is 12.9. The lowest BCUT2D eigenvalue weighted by Gasteiger charge is -2.15. The molecule has 164 valence electrons. The van der Waals surface area contributed by atoms with E-state index in [2.05, 4.69) is 34.6 Å². The quantitative estimate of drug-likeness (QED) is 0.598. The Morgan fingerprint density at radius 3 is 2.73 bits per heavy atom. The first kappa shape index (κ1) is 21.7. The van der Waals surface area contributed by atoms with Gasteiger partial charge in [-0.2, -0.15) is 5.26 Å². The zero-order valence-electron chi connectivity index (χ0n) is 18.1. The van der Waals surface area contributed by atoms with Crippen LogP contribution in [0.1, 0.15) is 45.3 Å². The number of carbonyl (C=O) groups is 2. The van der Waals surface area contributed by atoms with Crippen LogP contribution in [-0.2, 0) is 4.74 Å². The molecule has 1 aromatic carbocycles. The van der Waals surface area contributed by atoms with Gasteiger partial charge >= 0.3 is 5.97 Å². The van der Waals surface area contributed by atoms with E-state index < -0.39 is 11.9 Å². The lowest BCUT2D eigenvalue weighted by atomic mass is 9.92. The monoisotopic (exact) mass is 439 g/mol. The summed E-state index contributed by atoms with van der Waals surface area (Å²) in [5.41, 5.74) is 3.04. The number of nitrogens with one attached hydrogen (secondary N) is 1. The topological polar surface area (TPSA) is 110 Å². The summed E-state index contributed by atoms with van der Waals surface area (Å²) < 4.78 is 6.51. The standard InChI is InChI=1S/C25H21N5O3/c1-16-4-3-5-18(12-16)19-6-7-20(25(32)33-2)22(13-19)27-24(31)21-8-9-23(29-28-21)30-11-10-17(14-26)15-30/h3,5-13,15-16H,4H2,1-2H3,(H,27,31). The molecule has 1 amide bonds. The van der Waals surface area contributed by atoms with Gasteiger partial charge in [0, 0.05) is 12.4 Å². The Labute approximate surface area is 190 Å². The van der Waals surface area contributed by atoms with Crippen molar-refractivity contribution in [3.05, 3.63) is 89.4 Å². The second-order valence-electron chi connectivity index (χ2n) is 7.64. The second kappa shape index (κ2) is 9.32. The van der Waals surface area contributed by atoms with Crippen LogP contribution in [0.3, 0.4) is 0 Å². The number of carbonyl (C=O) groups excluding carboxylic acids is 2. The molecule has 1 unspecified atom stereocenters. The number of methoxy groups -OCH3 is 1. The van der Waals surface area contributed by atoms with Gasteiger partial charge < -0.3 is 14.6 Å². The molecule has 2 heterocycles. The molecule has 0 aliphatic heterocycles. The Hall–Kier alpha value is -4.51. The number of hydrogen-bond donors (Lipinski definition) is 1. The number of benzene rings is 1. The highest BCUT2D eigenvalue weighted by molar-refractivity contribution is 6.07. The Bertz CT molecular complexity index is 1310. The molecule has 1 aliphatic rings. The number of aromatic nitrogens is 3. The predicted molar refractivity (Wildman–Crippen MR) is 123 cm³/mol. The van der Waals surface area contributed by atoms with Gasteiger partial charge in [0.05, 0.1) is 23.9 Å². The van der Waals surface area contributed by atoms with E-state index in [0.717, 1.165) is 17.6 Å². The van der Waals surface area contributed by atoms with Crippen molar-refractivity contribution in [2.24, 2.45) is 5.92 Å². The first-order chi connectivity index (χ1) is 16.0. The van der Waals surface area contributed by atoms with E-state index in [1.807, 2.05) is 18.2 Å². The molecule has 33 heavy (non-hydrogen) atoms. The van der Waals surface area contributed by atoms with Gasteiger partial charge in [-0.1, -0.05) is 31.2 Å². The lowest BCUT2D eigenvalue weighted by molar-refractivity contribution is 0.0602. The Morgan fingerprint density at radius 1 is 1.21 bits per heavy atom. The molecule has 1 atom stereocenters. The predicted octanol–water partition coefficient (Wildman–Crippen LogP) is 4.16. The van der Waals surface area contributed by atoms with Crippen LogP contribution in [0.25, 0.3) is 11.4 Å². The van der Waals surface area contributed by atoms with Crippen molar-refractivity contribution < 1.29 is 14.3 Å². The third-order valence-corrected chi connectivity index (χ3v) is 5.25. The molecule has 0 fully saturated rings. The minimum Gasteiger partial charge on any atom is -0.465 e. The van der Waals surface area contributed by atoms with E-state index in [9.17, 15) is 9.59 Å². The van der Waals surface area contributed by atoms with E-state index in [1.165, 1.54) is 13.2 Å². The summed E-state index contributed by atoms with van der Waals surface area (Å²) >= 11 is 0. The van der Waals surface area contributed by atoms with E-state index in [4.69, 9.17) is 10.00 Å². The lowest BCUT2D eigenvalue weighted by Crippen LogP contribution is -2.17. The number of amides is 1. The minimum absolute atomic E-state index is 0.0815. The molecule has 3 aromatic rings. The van der Waals surface area contributed by atoms with Crippen LogP contribution < -0.4 is 5.32 Å². The number of anilines is 1. The number of esters is 1. The van der Waals surface area contributed by atoms with Crippen LogP contribution in [0.4, 0.5) is 5.69 Å². The summed E-state index contributed by atoms with van der Waals surface area (Å²) in [6.07, 6.45) is 10.6. The van der Waals surface area contributed by atoms with E-state index in [1.54, 1.807) is 41.2 Å². The first-order valence-electron chi connectivity index (χ1n) is 10.3. The Kier molecular flexibility index (Phi) is 6.13. The largest absolute Gasteiger partial charge is 0.465 e. The van der Waals surface area contributed by atoms with Gasteiger partial charge in [0.2, 0.25) is 0 Å². The minimum atomic E-state index is -0.555. The number of ether oxygens (including phenoxy) is 1. The summed E-state index contributed by atoms with van der Waals surface area (Å²) in [4.78, 5) is 25.1. The molecule has 0 saturated carbocycles. The molecule has 2 aromatic heterocycles. The van der Waals surface area contributed by atoms with Crippen LogP contribution in [0.15, 0.2) is 67.0 Å². The number of rotatable bonds is 5. The van der Waals surface area contributed by atoms with E-state index in [-0.39, 0.29) is 11.3 Å². The molecule has 8 nitrogen and oxygen atoms in total. The first-order valence-corrected chi connectivity index (χ1v) is 10.3. The van der Waals surface area contributed by atoms with Crippen molar-refractivity contribution in [2.75, 3.05) is 12.4 Å². The summed E-state index contributed by atoms with van der Waals surface area (Å²) in [6, 6.07) is 12.1. The third kappa shape index (κ3) is 4.72. The second-order valence-corrected chi connectivity index (χ2v) is 7.64. The van der Waals surface area contributed by atoms with Crippen molar-refractivity contribution in [1.82, 2.24) is 14.8 Å². The molecule has 0 bridgehead atoms. The average molecular weight is 439 g/mol. The van der Waals surface area contributed by atoms with Gasteiger partial charge in [0.15, 0.2) is 11.5 Å². The smallest absolute Gasteiger partial charge is 0.339 e. The van der Waals surface area contributed by atoms with Gasteiger partial charge in [0.25, 0.3) is 5.91 Å². The fourth-order valence-corrected chi connectivity index (χ4v) is 3.52. The van der Waals surface area contributed by atoms with Crippen molar-refractivity contribution in [3.63, 3.8) is 0 Å². The average Bonchev–Trinajstić information content (AvgIpc) is 3.33. The maximum Gasteiger partial charge on any atom is 0.339 e. The van der Waals surface area contributed by atoms with Gasteiger partial charge in [-0.05, 0) is 53.8 Å². The zero-order chi connectivity index (χ0) is 23.4. The van der Waals surface area contributed by atoms with Gasteiger partial charge in [-0.3, -0.25) is 4.79 Å². The summed E-state index contributed by atoms with van der Waals surface area (Å²) in [6.45, 7) is 2.13. The SMILES string of the molecule is COC(=O)c1ccc(C2=CC(C)CC=C2)cc1NC(=O)c1ccc(-n2ccc(C#N)c2)nn1. The third-order valence-electron chi connectivity index (χ3n) is 5.25. The van der Waals surface area contributed by atoms with Crippen LogP contribution in [0, 0.1) is 17.2 Å². The fraction of sp³-hybridized carbons (Fsp3) is 0.160. The molecule has 4 rings (SSSR count).